The van der Waals surface area contributed by atoms with Crippen LogP contribution in [0.25, 0.3) is 0 Å². The molecule has 0 aromatic heterocycles. The van der Waals surface area contributed by atoms with Crippen molar-refractivity contribution in [2.75, 3.05) is 23.3 Å². The van der Waals surface area contributed by atoms with Gasteiger partial charge in [-0.05, 0) is 25.5 Å². The third-order valence-electron chi connectivity index (χ3n) is 1.65. The van der Waals surface area contributed by atoms with Crippen molar-refractivity contribution >= 4 is 40.2 Å². The molecule has 0 spiro atoms. The molecular formula is C11H17ClN2S2. The van der Waals surface area contributed by atoms with Crippen molar-refractivity contribution in [3.8, 4) is 6.07 Å². The van der Waals surface area contributed by atoms with Gasteiger partial charge in [0.15, 0.2) is 0 Å². The molecule has 0 unspecified atom stereocenters. The van der Waals surface area contributed by atoms with Crippen LogP contribution in [0.3, 0.4) is 0 Å². The van der Waals surface area contributed by atoms with Crippen LogP contribution in [-0.2, 0) is 0 Å². The van der Waals surface area contributed by atoms with Gasteiger partial charge in [-0.25, -0.2) is 0 Å². The number of nitriles is 1. The lowest BCUT2D eigenvalue weighted by atomic mass is 10.4. The van der Waals surface area contributed by atoms with Gasteiger partial charge in [0, 0.05) is 17.5 Å². The lowest BCUT2D eigenvalue weighted by molar-refractivity contribution is 0.904. The smallest absolute Gasteiger partial charge is 0.108 e. The first-order valence-corrected chi connectivity index (χ1v) is 7.84. The predicted octanol–water partition coefficient (Wildman–Crippen LogP) is 3.93. The molecule has 0 N–H and O–H groups in total. The monoisotopic (exact) mass is 276 g/mol. The fourth-order valence-electron chi connectivity index (χ4n) is 0.875. The zero-order chi connectivity index (χ0) is 12.2. The average Bonchev–Trinajstić information content (AvgIpc) is 2.31. The van der Waals surface area contributed by atoms with Gasteiger partial charge < -0.3 is 0 Å². The summed E-state index contributed by atoms with van der Waals surface area (Å²) < 4.78 is 0. The average molecular weight is 277 g/mol. The summed E-state index contributed by atoms with van der Waals surface area (Å²) in [6, 6.07) is 2.04. The zero-order valence-electron chi connectivity index (χ0n) is 9.54. The van der Waals surface area contributed by atoms with Crippen LogP contribution >= 0.6 is 35.1 Å². The van der Waals surface area contributed by atoms with Crippen molar-refractivity contribution in [3.63, 3.8) is 0 Å². The molecule has 0 heterocycles. The van der Waals surface area contributed by atoms with Crippen molar-refractivity contribution in [1.29, 1.82) is 5.26 Å². The van der Waals surface area contributed by atoms with E-state index in [1.54, 1.807) is 11.8 Å². The maximum absolute atomic E-state index is 8.74. The molecule has 0 radical (unpaired) electrons. The number of hydrogen-bond acceptors (Lipinski definition) is 4. The Hall–Kier alpha value is -0.110. The number of alkyl halides is 1. The van der Waals surface area contributed by atoms with E-state index in [1.165, 1.54) is 0 Å². The SMILES string of the molecule is C=C(C#N)/C(=N\CC)SCSCCCCCl. The van der Waals surface area contributed by atoms with Gasteiger partial charge in [-0.3, -0.25) is 4.99 Å². The molecule has 0 saturated carbocycles. The Bertz CT molecular complexity index is 272. The Morgan fingerprint density at radius 3 is 2.81 bits per heavy atom. The third kappa shape index (κ3) is 8.09. The van der Waals surface area contributed by atoms with Crippen LogP contribution in [-0.4, -0.2) is 28.3 Å². The van der Waals surface area contributed by atoms with E-state index < -0.39 is 0 Å². The number of thioether (sulfide) groups is 2. The van der Waals surface area contributed by atoms with Crippen LogP contribution in [0.5, 0.6) is 0 Å². The number of nitrogens with zero attached hydrogens (tertiary/aromatic N) is 2. The number of halogens is 1. The highest BCUT2D eigenvalue weighted by molar-refractivity contribution is 8.24. The largest absolute Gasteiger partial charge is 0.277 e. The highest BCUT2D eigenvalue weighted by Gasteiger charge is 2.04. The number of aliphatic imine (C=N–C) groups is 1. The van der Waals surface area contributed by atoms with Crippen molar-refractivity contribution in [2.24, 2.45) is 4.99 Å². The third-order valence-corrected chi connectivity index (χ3v) is 4.28. The fourth-order valence-corrected chi connectivity index (χ4v) is 3.16. The van der Waals surface area contributed by atoms with Crippen LogP contribution in [0.1, 0.15) is 19.8 Å². The molecule has 0 bridgehead atoms. The van der Waals surface area contributed by atoms with Crippen molar-refractivity contribution in [1.82, 2.24) is 0 Å². The van der Waals surface area contributed by atoms with E-state index in [9.17, 15) is 0 Å². The van der Waals surface area contributed by atoms with E-state index in [1.807, 2.05) is 24.8 Å². The van der Waals surface area contributed by atoms with Gasteiger partial charge in [0.1, 0.15) is 11.1 Å². The number of hydrogen-bond donors (Lipinski definition) is 0. The molecule has 90 valence electrons. The standard InChI is InChI=1S/C11H17ClN2S2/c1-3-14-11(10(2)8-13)16-9-15-7-5-4-6-12/h2-7,9H2,1H3/b14-11+. The van der Waals surface area contributed by atoms with Gasteiger partial charge in [-0.2, -0.15) is 17.0 Å². The van der Waals surface area contributed by atoms with Crippen LogP contribution in [0.4, 0.5) is 0 Å². The molecular weight excluding hydrogens is 260 g/mol. The number of rotatable bonds is 8. The van der Waals surface area contributed by atoms with Crippen molar-refractivity contribution in [2.45, 2.75) is 19.8 Å². The first-order valence-electron chi connectivity index (χ1n) is 5.16. The minimum absolute atomic E-state index is 0.466. The highest BCUT2D eigenvalue weighted by atomic mass is 35.5. The minimum Gasteiger partial charge on any atom is -0.277 e. The molecule has 16 heavy (non-hydrogen) atoms. The van der Waals surface area contributed by atoms with Crippen molar-refractivity contribution < 1.29 is 0 Å². The molecule has 5 heteroatoms. The second-order valence-corrected chi connectivity index (χ2v) is 5.75. The summed E-state index contributed by atoms with van der Waals surface area (Å²) in [7, 11) is 0. The normalized spacial score (nSPS) is 11.2. The summed E-state index contributed by atoms with van der Waals surface area (Å²) in [5.74, 6) is 1.85. The second-order valence-electron chi connectivity index (χ2n) is 2.94. The Kier molecular flexibility index (Phi) is 11.3. The van der Waals surface area contributed by atoms with Gasteiger partial charge >= 0.3 is 0 Å². The Balaban J connectivity index is 3.75. The second kappa shape index (κ2) is 11.4. The molecule has 0 aromatic rings. The Morgan fingerprint density at radius 1 is 1.50 bits per heavy atom. The van der Waals surface area contributed by atoms with Crippen molar-refractivity contribution in [3.05, 3.63) is 12.2 Å². The van der Waals surface area contributed by atoms with Crippen LogP contribution in [0, 0.1) is 11.3 Å². The van der Waals surface area contributed by atoms with E-state index in [0.29, 0.717) is 12.1 Å². The zero-order valence-corrected chi connectivity index (χ0v) is 11.9. The Morgan fingerprint density at radius 2 is 2.25 bits per heavy atom. The molecule has 0 aliphatic rings. The van der Waals surface area contributed by atoms with E-state index in [0.717, 1.165) is 34.6 Å². The Labute approximate surface area is 112 Å². The molecule has 0 fully saturated rings. The summed E-state index contributed by atoms with van der Waals surface area (Å²) >= 11 is 9.03. The van der Waals surface area contributed by atoms with Gasteiger partial charge in [0.05, 0.1) is 5.57 Å². The van der Waals surface area contributed by atoms with Gasteiger partial charge in [-0.15, -0.1) is 11.6 Å². The summed E-state index contributed by atoms with van der Waals surface area (Å²) in [4.78, 5) is 4.25. The molecule has 0 rings (SSSR count). The minimum atomic E-state index is 0.466. The van der Waals surface area contributed by atoms with Crippen LogP contribution in [0.2, 0.25) is 0 Å². The van der Waals surface area contributed by atoms with E-state index in [4.69, 9.17) is 16.9 Å². The van der Waals surface area contributed by atoms with Gasteiger partial charge in [-0.1, -0.05) is 18.3 Å². The molecule has 0 saturated heterocycles. The first kappa shape index (κ1) is 15.9. The quantitative estimate of drug-likeness (QED) is 0.168. The van der Waals surface area contributed by atoms with Crippen LogP contribution < -0.4 is 0 Å². The summed E-state index contributed by atoms with van der Waals surface area (Å²) in [5, 5.41) is 10.4. The van der Waals surface area contributed by atoms with E-state index in [-0.39, 0.29) is 0 Å². The molecule has 0 amide bonds. The first-order chi connectivity index (χ1) is 7.76. The maximum atomic E-state index is 8.74. The summed E-state index contributed by atoms with van der Waals surface area (Å²) in [6.07, 6.45) is 2.22. The topological polar surface area (TPSA) is 36.1 Å². The number of unbranched alkanes of at least 4 members (excludes halogenated alkanes) is 1. The lowest BCUT2D eigenvalue weighted by Crippen LogP contribution is -1.96. The van der Waals surface area contributed by atoms with Crippen LogP contribution in [0.15, 0.2) is 17.1 Å². The molecule has 0 aromatic carbocycles. The molecule has 0 aliphatic heterocycles. The molecule has 2 nitrogen and oxygen atoms in total. The van der Waals surface area contributed by atoms with E-state index >= 15 is 0 Å². The van der Waals surface area contributed by atoms with Gasteiger partial charge in [0.25, 0.3) is 0 Å². The van der Waals surface area contributed by atoms with Gasteiger partial charge in [0.2, 0.25) is 0 Å². The lowest BCUT2D eigenvalue weighted by Gasteiger charge is -2.03. The predicted molar refractivity (Wildman–Crippen MR) is 77.6 cm³/mol. The fraction of sp³-hybridized carbons (Fsp3) is 0.636. The maximum Gasteiger partial charge on any atom is 0.108 e. The molecule has 0 atom stereocenters. The molecule has 0 aliphatic carbocycles. The summed E-state index contributed by atoms with van der Waals surface area (Å²) in [5.41, 5.74) is 0.466. The van der Waals surface area contributed by atoms with E-state index in [2.05, 4.69) is 11.6 Å². The summed E-state index contributed by atoms with van der Waals surface area (Å²) in [6.45, 7) is 6.33. The highest BCUT2D eigenvalue weighted by Crippen LogP contribution is 2.18.